The van der Waals surface area contributed by atoms with E-state index in [1.54, 1.807) is 0 Å². The van der Waals surface area contributed by atoms with Gasteiger partial charge in [0.1, 0.15) is 35.5 Å². The summed E-state index contributed by atoms with van der Waals surface area (Å²) in [6.07, 6.45) is -2.90. The Morgan fingerprint density at radius 1 is 1.19 bits per heavy atom. The van der Waals surface area contributed by atoms with Gasteiger partial charge in [-0.25, -0.2) is 27.5 Å². The fraction of sp³-hybridized carbons (Fsp3) is 0.400. The van der Waals surface area contributed by atoms with Crippen LogP contribution in [-0.2, 0) is 4.79 Å². The highest BCUT2D eigenvalue weighted by Crippen LogP contribution is 2.42. The fourth-order valence-corrected chi connectivity index (χ4v) is 4.36. The van der Waals surface area contributed by atoms with E-state index in [0.29, 0.717) is 23.9 Å². The average Bonchev–Trinajstić information content (AvgIpc) is 3.11. The number of aromatic nitrogens is 4. The lowest BCUT2D eigenvalue weighted by Crippen LogP contribution is -2.39. The molecule has 0 radical (unpaired) electrons. The molecule has 5 rings (SSSR count). The number of nitrogens with zero attached hydrogens (tertiary/aromatic N) is 4. The zero-order valence-electron chi connectivity index (χ0n) is 16.2. The van der Waals surface area contributed by atoms with Crippen molar-refractivity contribution in [2.24, 2.45) is 0 Å². The molecule has 1 amide bonds. The Hall–Kier alpha value is -3.08. The molecule has 4 heterocycles. The van der Waals surface area contributed by atoms with Gasteiger partial charge in [0.05, 0.1) is 17.5 Å². The molecule has 0 spiro atoms. The zero-order chi connectivity index (χ0) is 21.7. The molecule has 1 saturated heterocycles. The van der Waals surface area contributed by atoms with E-state index in [0.717, 1.165) is 6.33 Å². The summed E-state index contributed by atoms with van der Waals surface area (Å²) in [5.74, 6) is -2.49. The third kappa shape index (κ3) is 3.32. The zero-order valence-corrected chi connectivity index (χ0v) is 16.2. The Balaban J connectivity index is 1.74. The Morgan fingerprint density at radius 2 is 2.03 bits per heavy atom. The lowest BCUT2D eigenvalue weighted by molar-refractivity contribution is -0.117. The van der Waals surface area contributed by atoms with Crippen molar-refractivity contribution in [1.82, 2.24) is 25.1 Å². The molecule has 11 heteroatoms. The molecular formula is C20H18F4N6O. The first-order chi connectivity index (χ1) is 14.9. The lowest BCUT2D eigenvalue weighted by Gasteiger charge is -2.27. The van der Waals surface area contributed by atoms with Crippen LogP contribution in [0.5, 0.6) is 0 Å². The second kappa shape index (κ2) is 7.56. The van der Waals surface area contributed by atoms with Crippen LogP contribution >= 0.6 is 0 Å². The van der Waals surface area contributed by atoms with Crippen molar-refractivity contribution in [2.45, 2.75) is 37.4 Å². The quantitative estimate of drug-likeness (QED) is 0.619. The van der Waals surface area contributed by atoms with Gasteiger partial charge in [0, 0.05) is 23.9 Å². The van der Waals surface area contributed by atoms with Crippen LogP contribution in [-0.4, -0.2) is 51.3 Å². The molecular weight excluding hydrogens is 416 g/mol. The van der Waals surface area contributed by atoms with Gasteiger partial charge in [-0.05, 0) is 31.2 Å². The number of carbonyl (C=O) groups excluding carboxylic acids is 1. The highest BCUT2D eigenvalue weighted by atomic mass is 19.3. The molecule has 3 atom stereocenters. The van der Waals surface area contributed by atoms with E-state index in [9.17, 15) is 22.4 Å². The molecule has 1 fully saturated rings. The summed E-state index contributed by atoms with van der Waals surface area (Å²) in [6, 6.07) is 3.32. The maximum absolute atomic E-state index is 14.7. The minimum absolute atomic E-state index is 0.00148. The van der Waals surface area contributed by atoms with Crippen molar-refractivity contribution in [1.29, 1.82) is 0 Å². The number of amides is 1. The number of halogens is 4. The maximum Gasteiger partial charge on any atom is 0.246 e. The van der Waals surface area contributed by atoms with E-state index < -0.39 is 42.7 Å². The van der Waals surface area contributed by atoms with Crippen molar-refractivity contribution in [3.8, 4) is 11.4 Å². The molecule has 162 valence electrons. The molecule has 3 aromatic rings. The minimum atomic E-state index is -2.82. The molecule has 31 heavy (non-hydrogen) atoms. The monoisotopic (exact) mass is 434 g/mol. The van der Waals surface area contributed by atoms with E-state index in [1.165, 1.54) is 22.9 Å². The summed E-state index contributed by atoms with van der Waals surface area (Å²) in [6.45, 7) is 0.707. The van der Waals surface area contributed by atoms with Crippen LogP contribution in [0.1, 0.15) is 30.4 Å². The Bertz CT molecular complexity index is 1170. The molecule has 2 N–H and O–H groups in total. The van der Waals surface area contributed by atoms with Crippen LogP contribution in [0.25, 0.3) is 22.3 Å². The van der Waals surface area contributed by atoms with Gasteiger partial charge < -0.3 is 10.6 Å². The smallest absolute Gasteiger partial charge is 0.246 e. The predicted octanol–water partition coefficient (Wildman–Crippen LogP) is 3.20. The molecule has 0 bridgehead atoms. The first-order valence-electron chi connectivity index (χ1n) is 9.90. The van der Waals surface area contributed by atoms with Gasteiger partial charge in [-0.2, -0.15) is 5.10 Å². The van der Waals surface area contributed by atoms with Gasteiger partial charge >= 0.3 is 0 Å². The van der Waals surface area contributed by atoms with Crippen LogP contribution in [0.2, 0.25) is 0 Å². The minimum Gasteiger partial charge on any atom is -0.314 e. The number of alkyl halides is 3. The summed E-state index contributed by atoms with van der Waals surface area (Å²) in [5, 5.41) is 10.5. The van der Waals surface area contributed by atoms with Gasteiger partial charge in [-0.3, -0.25) is 9.48 Å². The molecule has 0 unspecified atom stereocenters. The molecule has 0 saturated carbocycles. The molecule has 0 aliphatic carbocycles. The fourth-order valence-electron chi connectivity index (χ4n) is 4.36. The number of carbonyl (C=O) groups is 1. The number of rotatable bonds is 3. The molecule has 2 aliphatic rings. The van der Waals surface area contributed by atoms with Crippen molar-refractivity contribution in [3.05, 3.63) is 35.9 Å². The first-order valence-corrected chi connectivity index (χ1v) is 9.90. The maximum atomic E-state index is 14.7. The number of hydrogen-bond acceptors (Lipinski definition) is 5. The van der Waals surface area contributed by atoms with Gasteiger partial charge in [0.15, 0.2) is 0 Å². The second-order valence-electron chi connectivity index (χ2n) is 7.71. The number of benzene rings is 1. The van der Waals surface area contributed by atoms with Crippen LogP contribution < -0.4 is 10.6 Å². The van der Waals surface area contributed by atoms with E-state index in [4.69, 9.17) is 0 Å². The van der Waals surface area contributed by atoms with Gasteiger partial charge in [-0.1, -0.05) is 0 Å². The van der Waals surface area contributed by atoms with Crippen molar-refractivity contribution in [3.63, 3.8) is 0 Å². The van der Waals surface area contributed by atoms with Gasteiger partial charge in [0.25, 0.3) is 0 Å². The first kappa shape index (κ1) is 19.9. The van der Waals surface area contributed by atoms with Crippen LogP contribution in [0.3, 0.4) is 0 Å². The third-order valence-corrected chi connectivity index (χ3v) is 5.80. The van der Waals surface area contributed by atoms with Gasteiger partial charge in [-0.15, -0.1) is 0 Å². The molecule has 2 aliphatic heterocycles. The van der Waals surface area contributed by atoms with Crippen LogP contribution in [0.15, 0.2) is 24.5 Å². The number of hydrogen-bond donors (Lipinski definition) is 2. The van der Waals surface area contributed by atoms with Crippen molar-refractivity contribution < 1.29 is 22.4 Å². The van der Waals surface area contributed by atoms with E-state index in [-0.39, 0.29) is 29.3 Å². The summed E-state index contributed by atoms with van der Waals surface area (Å²) in [5.41, 5.74) is 0.775. The third-order valence-electron chi connectivity index (χ3n) is 5.80. The van der Waals surface area contributed by atoms with Crippen LogP contribution in [0, 0.1) is 5.82 Å². The summed E-state index contributed by atoms with van der Waals surface area (Å²) >= 11 is 0. The standard InChI is InChI=1S/C20H18F4N6O/c21-9-1-2-10-14(5-9)30(13-3-4-25-7-12(13)22)29-17(10)18-16-11(19(23)24)6-15(31)28-20(16)27-8-26-18/h1-2,5,8,11-13,19,25H,3-4,6-7H2,(H,26,27,28,31)/t11-,12+,13-/m0/s1. The number of fused-ring (bicyclic) bond motifs is 2. The van der Waals surface area contributed by atoms with E-state index >= 15 is 0 Å². The summed E-state index contributed by atoms with van der Waals surface area (Å²) in [7, 11) is 0. The number of nitrogens with one attached hydrogen (secondary N) is 2. The normalized spacial score (nSPS) is 23.8. The van der Waals surface area contributed by atoms with Crippen molar-refractivity contribution in [2.75, 3.05) is 18.4 Å². The summed E-state index contributed by atoms with van der Waals surface area (Å²) < 4.78 is 57.8. The Morgan fingerprint density at radius 3 is 2.81 bits per heavy atom. The molecule has 7 nitrogen and oxygen atoms in total. The van der Waals surface area contributed by atoms with Gasteiger partial charge in [0.2, 0.25) is 12.3 Å². The highest BCUT2D eigenvalue weighted by molar-refractivity contribution is 5.98. The number of anilines is 1. The number of piperidine rings is 1. The van der Waals surface area contributed by atoms with E-state index in [2.05, 4.69) is 25.7 Å². The molecule has 1 aromatic carbocycles. The SMILES string of the molecule is O=C1C[C@H](C(F)F)c2c(ncnc2-c2nn([C@H]3CCNC[C@H]3F)c3cc(F)ccc23)N1. The van der Waals surface area contributed by atoms with Crippen LogP contribution in [0.4, 0.5) is 23.4 Å². The highest BCUT2D eigenvalue weighted by Gasteiger charge is 2.37. The Labute approximate surface area is 173 Å². The lowest BCUT2D eigenvalue weighted by atomic mass is 9.90. The average molecular weight is 434 g/mol. The van der Waals surface area contributed by atoms with Crippen molar-refractivity contribution >= 4 is 22.6 Å². The Kier molecular flexibility index (Phi) is 4.84. The summed E-state index contributed by atoms with van der Waals surface area (Å²) in [4.78, 5) is 20.0. The second-order valence-corrected chi connectivity index (χ2v) is 7.71. The topological polar surface area (TPSA) is 84.7 Å². The predicted molar refractivity (Wildman–Crippen MR) is 104 cm³/mol. The largest absolute Gasteiger partial charge is 0.314 e. The van der Waals surface area contributed by atoms with E-state index in [1.807, 2.05) is 0 Å². The molecule has 2 aromatic heterocycles.